The monoisotopic (exact) mass is 405 g/mol. The minimum absolute atomic E-state index is 0.215. The van der Waals surface area contributed by atoms with Crippen LogP contribution in [0.25, 0.3) is 11.0 Å². The van der Waals surface area contributed by atoms with Gasteiger partial charge in [0.2, 0.25) is 0 Å². The molecule has 3 aromatic carbocycles. The molecule has 0 aliphatic heterocycles. The third kappa shape index (κ3) is 4.13. The summed E-state index contributed by atoms with van der Waals surface area (Å²) in [4.78, 5) is 14.8. The first kappa shape index (κ1) is 19.1. The van der Waals surface area contributed by atoms with Crippen molar-refractivity contribution >= 4 is 28.5 Å². The summed E-state index contributed by atoms with van der Waals surface area (Å²) in [6, 6.07) is 24.6. The summed E-state index contributed by atoms with van der Waals surface area (Å²) in [5.41, 5.74) is 2.28. The standard InChI is InChI=1S/C24H20ClNO3/c1-26(15-17-9-5-7-13-21(17)25)24(27)23-20(16-28-18-10-3-2-4-11-18)19-12-6-8-14-22(19)29-23/h2-14H,15-16H2,1H3. The summed E-state index contributed by atoms with van der Waals surface area (Å²) >= 11 is 6.25. The molecule has 4 aromatic rings. The molecular formula is C24H20ClNO3. The number of nitrogens with zero attached hydrogens (tertiary/aromatic N) is 1. The van der Waals surface area contributed by atoms with Gasteiger partial charge in [0.15, 0.2) is 5.76 Å². The quantitative estimate of drug-likeness (QED) is 0.399. The zero-order valence-electron chi connectivity index (χ0n) is 16.0. The molecule has 0 fully saturated rings. The second-order valence-electron chi connectivity index (χ2n) is 6.76. The number of rotatable bonds is 6. The van der Waals surface area contributed by atoms with Gasteiger partial charge in [-0.2, -0.15) is 0 Å². The van der Waals surface area contributed by atoms with Crippen molar-refractivity contribution < 1.29 is 13.9 Å². The Bertz CT molecular complexity index is 1140. The zero-order valence-corrected chi connectivity index (χ0v) is 16.7. The highest BCUT2D eigenvalue weighted by molar-refractivity contribution is 6.31. The van der Waals surface area contributed by atoms with Gasteiger partial charge in [0, 0.05) is 29.6 Å². The minimum atomic E-state index is -0.215. The van der Waals surface area contributed by atoms with Crippen LogP contribution in [0.3, 0.4) is 0 Å². The van der Waals surface area contributed by atoms with Crippen molar-refractivity contribution in [3.63, 3.8) is 0 Å². The summed E-state index contributed by atoms with van der Waals surface area (Å²) in [6.07, 6.45) is 0. The van der Waals surface area contributed by atoms with Gasteiger partial charge in [-0.05, 0) is 29.8 Å². The van der Waals surface area contributed by atoms with Gasteiger partial charge in [0.25, 0.3) is 5.91 Å². The number of hydrogen-bond acceptors (Lipinski definition) is 3. The lowest BCUT2D eigenvalue weighted by molar-refractivity contribution is 0.0752. The summed E-state index contributed by atoms with van der Waals surface area (Å²) < 4.78 is 11.8. The first-order valence-electron chi connectivity index (χ1n) is 9.30. The number of furan rings is 1. The number of para-hydroxylation sites is 2. The van der Waals surface area contributed by atoms with Crippen LogP contribution in [-0.4, -0.2) is 17.9 Å². The Morgan fingerprint density at radius 1 is 0.966 bits per heavy atom. The van der Waals surface area contributed by atoms with Gasteiger partial charge in [-0.15, -0.1) is 0 Å². The van der Waals surface area contributed by atoms with Crippen LogP contribution in [0.5, 0.6) is 5.75 Å². The third-order valence-electron chi connectivity index (χ3n) is 4.73. The smallest absolute Gasteiger partial charge is 0.290 e. The Labute approximate surface area is 174 Å². The van der Waals surface area contributed by atoms with Gasteiger partial charge in [-0.3, -0.25) is 4.79 Å². The van der Waals surface area contributed by atoms with Crippen LogP contribution in [-0.2, 0) is 13.2 Å². The molecule has 0 saturated heterocycles. The van der Waals surface area contributed by atoms with Gasteiger partial charge >= 0.3 is 0 Å². The van der Waals surface area contributed by atoms with Crippen LogP contribution in [0.15, 0.2) is 83.3 Å². The number of ether oxygens (including phenoxy) is 1. The van der Waals surface area contributed by atoms with E-state index in [2.05, 4.69) is 0 Å². The fourth-order valence-electron chi connectivity index (χ4n) is 3.21. The van der Waals surface area contributed by atoms with E-state index >= 15 is 0 Å². The van der Waals surface area contributed by atoms with Crippen molar-refractivity contribution in [3.8, 4) is 5.75 Å². The van der Waals surface area contributed by atoms with Crippen LogP contribution < -0.4 is 4.74 Å². The van der Waals surface area contributed by atoms with E-state index in [1.807, 2.05) is 78.9 Å². The van der Waals surface area contributed by atoms with E-state index in [9.17, 15) is 4.79 Å². The molecule has 5 heteroatoms. The second-order valence-corrected chi connectivity index (χ2v) is 7.17. The summed E-state index contributed by atoms with van der Waals surface area (Å²) in [5.74, 6) is 0.810. The fraction of sp³-hybridized carbons (Fsp3) is 0.125. The number of fused-ring (bicyclic) bond motifs is 1. The van der Waals surface area contributed by atoms with Gasteiger partial charge in [0.05, 0.1) is 0 Å². The lowest BCUT2D eigenvalue weighted by Gasteiger charge is -2.17. The first-order valence-corrected chi connectivity index (χ1v) is 9.68. The van der Waals surface area contributed by atoms with Gasteiger partial charge in [-0.25, -0.2) is 0 Å². The Morgan fingerprint density at radius 2 is 1.66 bits per heavy atom. The Kier molecular flexibility index (Phi) is 5.54. The molecule has 0 saturated carbocycles. The van der Waals surface area contributed by atoms with E-state index in [4.69, 9.17) is 20.8 Å². The highest BCUT2D eigenvalue weighted by Gasteiger charge is 2.24. The maximum Gasteiger partial charge on any atom is 0.290 e. The van der Waals surface area contributed by atoms with Crippen LogP contribution >= 0.6 is 11.6 Å². The van der Waals surface area contributed by atoms with Gasteiger partial charge in [0.1, 0.15) is 17.9 Å². The predicted octanol–water partition coefficient (Wildman–Crippen LogP) is 5.94. The van der Waals surface area contributed by atoms with Crippen LogP contribution in [0, 0.1) is 0 Å². The molecular weight excluding hydrogens is 386 g/mol. The number of carbonyl (C=O) groups is 1. The lowest BCUT2D eigenvalue weighted by atomic mass is 10.1. The molecule has 1 amide bonds. The van der Waals surface area contributed by atoms with Gasteiger partial charge < -0.3 is 14.1 Å². The number of amides is 1. The van der Waals surface area contributed by atoms with E-state index < -0.39 is 0 Å². The minimum Gasteiger partial charge on any atom is -0.489 e. The summed E-state index contributed by atoms with van der Waals surface area (Å²) in [7, 11) is 1.74. The molecule has 1 heterocycles. The first-order chi connectivity index (χ1) is 14.1. The zero-order chi connectivity index (χ0) is 20.2. The van der Waals surface area contributed by atoms with Crippen LogP contribution in [0.4, 0.5) is 0 Å². The van der Waals surface area contributed by atoms with Crippen molar-refractivity contribution in [3.05, 3.63) is 101 Å². The molecule has 0 atom stereocenters. The van der Waals surface area contributed by atoms with Crippen molar-refractivity contribution in [1.29, 1.82) is 0 Å². The Balaban J connectivity index is 1.63. The molecule has 0 unspecified atom stereocenters. The average molecular weight is 406 g/mol. The maximum atomic E-state index is 13.2. The van der Waals surface area contributed by atoms with E-state index in [0.717, 1.165) is 22.3 Å². The van der Waals surface area contributed by atoms with Gasteiger partial charge in [-0.1, -0.05) is 66.2 Å². The van der Waals surface area contributed by atoms with E-state index in [0.29, 0.717) is 17.2 Å². The molecule has 0 aliphatic carbocycles. The molecule has 0 bridgehead atoms. The van der Waals surface area contributed by atoms with Crippen LogP contribution in [0.2, 0.25) is 5.02 Å². The Hall–Kier alpha value is -3.24. The van der Waals surface area contributed by atoms with Crippen LogP contribution in [0.1, 0.15) is 21.7 Å². The molecule has 146 valence electrons. The summed E-state index contributed by atoms with van der Waals surface area (Å²) in [6.45, 7) is 0.622. The lowest BCUT2D eigenvalue weighted by Crippen LogP contribution is -2.27. The average Bonchev–Trinajstić information content (AvgIpc) is 3.12. The SMILES string of the molecule is CN(Cc1ccccc1Cl)C(=O)c1oc2ccccc2c1COc1ccccc1. The number of hydrogen-bond donors (Lipinski definition) is 0. The van der Waals surface area contributed by atoms with E-state index in [-0.39, 0.29) is 18.3 Å². The van der Waals surface area contributed by atoms with Crippen molar-refractivity contribution in [2.45, 2.75) is 13.2 Å². The largest absolute Gasteiger partial charge is 0.489 e. The molecule has 0 radical (unpaired) electrons. The maximum absolute atomic E-state index is 13.2. The normalized spacial score (nSPS) is 10.8. The number of halogens is 1. The number of benzene rings is 3. The van der Waals surface area contributed by atoms with E-state index in [1.165, 1.54) is 0 Å². The second kappa shape index (κ2) is 8.41. The number of carbonyl (C=O) groups excluding carboxylic acids is 1. The van der Waals surface area contributed by atoms with Crippen molar-refractivity contribution in [1.82, 2.24) is 4.90 Å². The molecule has 1 aromatic heterocycles. The Morgan fingerprint density at radius 3 is 2.45 bits per heavy atom. The topological polar surface area (TPSA) is 42.7 Å². The third-order valence-corrected chi connectivity index (χ3v) is 5.10. The van der Waals surface area contributed by atoms with Crippen molar-refractivity contribution in [2.24, 2.45) is 0 Å². The highest BCUT2D eigenvalue weighted by Crippen LogP contribution is 2.29. The fourth-order valence-corrected chi connectivity index (χ4v) is 3.41. The molecule has 0 N–H and O–H groups in total. The highest BCUT2D eigenvalue weighted by atomic mass is 35.5. The van der Waals surface area contributed by atoms with E-state index in [1.54, 1.807) is 11.9 Å². The molecule has 4 rings (SSSR count). The van der Waals surface area contributed by atoms with Crippen molar-refractivity contribution in [2.75, 3.05) is 7.05 Å². The molecule has 29 heavy (non-hydrogen) atoms. The molecule has 4 nitrogen and oxygen atoms in total. The molecule has 0 aliphatic rings. The molecule has 0 spiro atoms. The summed E-state index contributed by atoms with van der Waals surface area (Å²) in [5, 5.41) is 1.50. The predicted molar refractivity (Wildman–Crippen MR) is 114 cm³/mol.